The summed E-state index contributed by atoms with van der Waals surface area (Å²) in [5, 5.41) is 3.05. The molecule has 0 aromatic heterocycles. The van der Waals surface area contributed by atoms with Crippen molar-refractivity contribution >= 4 is 0 Å². The number of hydrogen-bond acceptors (Lipinski definition) is 3. The molecule has 0 aliphatic heterocycles. The number of ether oxygens (including phenoxy) is 2. The van der Waals surface area contributed by atoms with Gasteiger partial charge in [-0.25, -0.2) is 8.78 Å². The lowest BCUT2D eigenvalue weighted by molar-refractivity contribution is 0.283. The van der Waals surface area contributed by atoms with Crippen molar-refractivity contribution in [2.75, 3.05) is 14.2 Å². The molecule has 0 unspecified atom stereocenters. The fourth-order valence-electron chi connectivity index (χ4n) is 1.94. The van der Waals surface area contributed by atoms with Crippen molar-refractivity contribution in [3.05, 3.63) is 59.2 Å². The summed E-state index contributed by atoms with van der Waals surface area (Å²) in [6.07, 6.45) is 0. The Hall–Kier alpha value is -2.14. The predicted octanol–water partition coefficient (Wildman–Crippen LogP) is 3.27. The standard InChI is InChI=1S/C16H17F2NO2/c1-19-9-11-4-6-15(20-2)16(8-11)21-10-12-3-5-13(17)14(18)7-12/h3-8,19H,9-10H2,1-2H3. The molecule has 112 valence electrons. The Morgan fingerprint density at radius 1 is 0.952 bits per heavy atom. The van der Waals surface area contributed by atoms with E-state index in [1.165, 1.54) is 6.07 Å². The first kappa shape index (κ1) is 15.3. The average Bonchev–Trinajstić information content (AvgIpc) is 2.49. The Labute approximate surface area is 122 Å². The maximum Gasteiger partial charge on any atom is 0.161 e. The highest BCUT2D eigenvalue weighted by Gasteiger charge is 2.08. The van der Waals surface area contributed by atoms with E-state index in [1.54, 1.807) is 7.11 Å². The average molecular weight is 293 g/mol. The van der Waals surface area contributed by atoms with Crippen LogP contribution in [0.2, 0.25) is 0 Å². The van der Waals surface area contributed by atoms with Crippen molar-refractivity contribution in [3.8, 4) is 11.5 Å². The minimum Gasteiger partial charge on any atom is -0.493 e. The lowest BCUT2D eigenvalue weighted by Crippen LogP contribution is -2.06. The van der Waals surface area contributed by atoms with E-state index >= 15 is 0 Å². The van der Waals surface area contributed by atoms with Crippen LogP contribution in [-0.4, -0.2) is 14.2 Å². The molecular formula is C16H17F2NO2. The van der Waals surface area contributed by atoms with Gasteiger partial charge in [-0.2, -0.15) is 0 Å². The molecule has 0 aliphatic rings. The topological polar surface area (TPSA) is 30.5 Å². The van der Waals surface area contributed by atoms with Gasteiger partial charge in [-0.1, -0.05) is 12.1 Å². The van der Waals surface area contributed by atoms with Gasteiger partial charge in [-0.3, -0.25) is 0 Å². The van der Waals surface area contributed by atoms with Crippen LogP contribution in [0.5, 0.6) is 11.5 Å². The SMILES string of the molecule is CNCc1ccc(OC)c(OCc2ccc(F)c(F)c2)c1. The second-order valence-corrected chi connectivity index (χ2v) is 4.55. The van der Waals surface area contributed by atoms with Crippen molar-refractivity contribution in [1.82, 2.24) is 5.32 Å². The lowest BCUT2D eigenvalue weighted by atomic mass is 10.2. The van der Waals surface area contributed by atoms with E-state index in [1.807, 2.05) is 25.2 Å². The van der Waals surface area contributed by atoms with Crippen molar-refractivity contribution in [2.24, 2.45) is 0 Å². The lowest BCUT2D eigenvalue weighted by Gasteiger charge is -2.12. The summed E-state index contributed by atoms with van der Waals surface area (Å²) >= 11 is 0. The Kier molecular flexibility index (Phi) is 5.11. The number of halogens is 2. The third kappa shape index (κ3) is 3.92. The first-order valence-electron chi connectivity index (χ1n) is 6.52. The number of nitrogens with one attached hydrogen (secondary N) is 1. The molecular weight excluding hydrogens is 276 g/mol. The summed E-state index contributed by atoms with van der Waals surface area (Å²) in [5.74, 6) is -0.591. The summed E-state index contributed by atoms with van der Waals surface area (Å²) in [7, 11) is 3.41. The molecule has 2 aromatic carbocycles. The normalized spacial score (nSPS) is 10.5. The summed E-state index contributed by atoms with van der Waals surface area (Å²) in [5.41, 5.74) is 1.59. The van der Waals surface area contributed by atoms with Crippen molar-refractivity contribution in [1.29, 1.82) is 0 Å². The largest absolute Gasteiger partial charge is 0.493 e. The first-order chi connectivity index (χ1) is 10.1. The van der Waals surface area contributed by atoms with E-state index in [9.17, 15) is 8.78 Å². The van der Waals surface area contributed by atoms with Gasteiger partial charge in [0, 0.05) is 6.54 Å². The Balaban J connectivity index is 2.13. The zero-order valence-electron chi connectivity index (χ0n) is 12.0. The van der Waals surface area contributed by atoms with Crippen LogP contribution in [0.3, 0.4) is 0 Å². The van der Waals surface area contributed by atoms with E-state index in [-0.39, 0.29) is 6.61 Å². The van der Waals surface area contributed by atoms with Crippen LogP contribution in [0.15, 0.2) is 36.4 Å². The minimum atomic E-state index is -0.882. The highest BCUT2D eigenvalue weighted by molar-refractivity contribution is 5.43. The third-order valence-corrected chi connectivity index (χ3v) is 2.99. The number of rotatable bonds is 6. The van der Waals surface area contributed by atoms with Crippen LogP contribution < -0.4 is 14.8 Å². The number of methoxy groups -OCH3 is 1. The van der Waals surface area contributed by atoms with Gasteiger partial charge in [0.1, 0.15) is 6.61 Å². The fraction of sp³-hybridized carbons (Fsp3) is 0.250. The van der Waals surface area contributed by atoms with Crippen LogP contribution in [0, 0.1) is 11.6 Å². The molecule has 0 spiro atoms. The zero-order valence-corrected chi connectivity index (χ0v) is 12.0. The molecule has 5 heteroatoms. The smallest absolute Gasteiger partial charge is 0.161 e. The monoisotopic (exact) mass is 293 g/mol. The Morgan fingerprint density at radius 2 is 1.71 bits per heavy atom. The molecule has 0 bridgehead atoms. The van der Waals surface area contributed by atoms with E-state index in [4.69, 9.17) is 9.47 Å². The molecule has 0 atom stereocenters. The quantitative estimate of drug-likeness (QED) is 0.886. The van der Waals surface area contributed by atoms with E-state index < -0.39 is 11.6 Å². The third-order valence-electron chi connectivity index (χ3n) is 2.99. The van der Waals surface area contributed by atoms with Crippen molar-refractivity contribution < 1.29 is 18.3 Å². The van der Waals surface area contributed by atoms with Crippen LogP contribution in [0.25, 0.3) is 0 Å². The second kappa shape index (κ2) is 7.04. The molecule has 3 nitrogen and oxygen atoms in total. The minimum absolute atomic E-state index is 0.135. The van der Waals surface area contributed by atoms with E-state index in [0.717, 1.165) is 17.7 Å². The van der Waals surface area contributed by atoms with E-state index in [0.29, 0.717) is 23.6 Å². The summed E-state index contributed by atoms with van der Waals surface area (Å²) in [4.78, 5) is 0. The molecule has 0 amide bonds. The molecule has 21 heavy (non-hydrogen) atoms. The highest BCUT2D eigenvalue weighted by Crippen LogP contribution is 2.29. The number of hydrogen-bond donors (Lipinski definition) is 1. The van der Waals surface area contributed by atoms with Gasteiger partial charge >= 0.3 is 0 Å². The molecule has 0 radical (unpaired) electrons. The van der Waals surface area contributed by atoms with Crippen molar-refractivity contribution in [3.63, 3.8) is 0 Å². The van der Waals surface area contributed by atoms with Crippen LogP contribution >= 0.6 is 0 Å². The molecule has 1 N–H and O–H groups in total. The van der Waals surface area contributed by atoms with Gasteiger partial charge in [0.2, 0.25) is 0 Å². The van der Waals surface area contributed by atoms with Gasteiger partial charge < -0.3 is 14.8 Å². The molecule has 2 rings (SSSR count). The van der Waals surface area contributed by atoms with Gasteiger partial charge in [-0.05, 0) is 42.4 Å². The molecule has 0 saturated heterocycles. The predicted molar refractivity (Wildman–Crippen MR) is 76.4 cm³/mol. The van der Waals surface area contributed by atoms with Gasteiger partial charge in [-0.15, -0.1) is 0 Å². The second-order valence-electron chi connectivity index (χ2n) is 4.55. The molecule has 0 saturated carbocycles. The molecule has 0 fully saturated rings. The fourth-order valence-corrected chi connectivity index (χ4v) is 1.94. The first-order valence-corrected chi connectivity index (χ1v) is 6.52. The maximum atomic E-state index is 13.2. The molecule has 2 aromatic rings. The zero-order chi connectivity index (χ0) is 15.2. The Morgan fingerprint density at radius 3 is 2.38 bits per heavy atom. The van der Waals surface area contributed by atoms with Crippen LogP contribution in [0.1, 0.15) is 11.1 Å². The Bertz CT molecular complexity index is 617. The highest BCUT2D eigenvalue weighted by atomic mass is 19.2. The molecule has 0 aliphatic carbocycles. The maximum absolute atomic E-state index is 13.2. The van der Waals surface area contributed by atoms with Gasteiger partial charge in [0.25, 0.3) is 0 Å². The van der Waals surface area contributed by atoms with Crippen LogP contribution in [0.4, 0.5) is 8.78 Å². The summed E-state index contributed by atoms with van der Waals surface area (Å²) in [6.45, 7) is 0.835. The summed E-state index contributed by atoms with van der Waals surface area (Å²) < 4.78 is 36.9. The van der Waals surface area contributed by atoms with Gasteiger partial charge in [0.15, 0.2) is 23.1 Å². The summed E-state index contributed by atoms with van der Waals surface area (Å²) in [6, 6.07) is 9.30. The van der Waals surface area contributed by atoms with Crippen molar-refractivity contribution in [2.45, 2.75) is 13.2 Å². The van der Waals surface area contributed by atoms with Gasteiger partial charge in [0.05, 0.1) is 7.11 Å². The van der Waals surface area contributed by atoms with E-state index in [2.05, 4.69) is 5.32 Å². The number of benzene rings is 2. The molecule has 0 heterocycles. The van der Waals surface area contributed by atoms with Crippen LogP contribution in [-0.2, 0) is 13.2 Å².